The highest BCUT2D eigenvalue weighted by Crippen LogP contribution is 2.27. The summed E-state index contributed by atoms with van der Waals surface area (Å²) in [6, 6.07) is 15.9. The van der Waals surface area contributed by atoms with Crippen LogP contribution in [0.15, 0.2) is 59.2 Å². The van der Waals surface area contributed by atoms with Gasteiger partial charge in [0, 0.05) is 30.9 Å². The number of hydrogen-bond donors (Lipinski definition) is 0. The molecule has 22 heavy (non-hydrogen) atoms. The van der Waals surface area contributed by atoms with Crippen LogP contribution in [-0.4, -0.2) is 26.2 Å². The van der Waals surface area contributed by atoms with Gasteiger partial charge < -0.3 is 14.1 Å². The van der Waals surface area contributed by atoms with Crippen LogP contribution in [0.4, 0.5) is 5.69 Å². The van der Waals surface area contributed by atoms with Crippen LogP contribution in [0.1, 0.15) is 0 Å². The zero-order valence-corrected chi connectivity index (χ0v) is 12.9. The molecule has 4 heteroatoms. The van der Waals surface area contributed by atoms with E-state index in [1.807, 2.05) is 50.5 Å². The lowest BCUT2D eigenvalue weighted by Gasteiger charge is -2.11. The summed E-state index contributed by atoms with van der Waals surface area (Å²) in [7, 11) is 5.68. The molecule has 0 spiro atoms. The van der Waals surface area contributed by atoms with E-state index in [2.05, 4.69) is 22.0 Å². The molecule has 0 aliphatic heterocycles. The first-order valence-electron chi connectivity index (χ1n) is 7.05. The molecule has 0 radical (unpaired) electrons. The largest absolute Gasteiger partial charge is 0.497 e. The van der Waals surface area contributed by atoms with Crippen LogP contribution >= 0.6 is 0 Å². The van der Waals surface area contributed by atoms with Crippen molar-refractivity contribution in [1.82, 2.24) is 4.98 Å². The summed E-state index contributed by atoms with van der Waals surface area (Å²) in [5, 5.41) is 0. The second kappa shape index (κ2) is 5.93. The molecule has 0 unspecified atom stereocenters. The number of rotatable bonds is 4. The van der Waals surface area contributed by atoms with E-state index >= 15 is 0 Å². The minimum Gasteiger partial charge on any atom is -0.497 e. The lowest BCUT2D eigenvalue weighted by Crippen LogP contribution is -2.07. The molecule has 0 saturated heterocycles. The number of benzene rings is 2. The average Bonchev–Trinajstić information content (AvgIpc) is 3.05. The highest BCUT2D eigenvalue weighted by atomic mass is 16.5. The Balaban J connectivity index is 1.89. The van der Waals surface area contributed by atoms with Gasteiger partial charge in [-0.2, -0.15) is 0 Å². The molecule has 0 N–H and O–H groups in total. The summed E-state index contributed by atoms with van der Waals surface area (Å²) < 4.78 is 10.8. The van der Waals surface area contributed by atoms with E-state index in [9.17, 15) is 0 Å². The summed E-state index contributed by atoms with van der Waals surface area (Å²) in [5.74, 6) is 1.37. The van der Waals surface area contributed by atoms with Crippen molar-refractivity contribution in [1.29, 1.82) is 0 Å². The van der Waals surface area contributed by atoms with Gasteiger partial charge in [-0.05, 0) is 30.3 Å². The van der Waals surface area contributed by atoms with Gasteiger partial charge in [0.25, 0.3) is 0 Å². The summed E-state index contributed by atoms with van der Waals surface area (Å²) in [6.07, 6.45) is 1.68. The Morgan fingerprint density at radius 1 is 1.00 bits per heavy atom. The van der Waals surface area contributed by atoms with Crippen molar-refractivity contribution in [3.05, 3.63) is 54.8 Å². The van der Waals surface area contributed by atoms with Crippen molar-refractivity contribution < 1.29 is 9.15 Å². The van der Waals surface area contributed by atoms with Crippen molar-refractivity contribution in [2.75, 3.05) is 26.1 Å². The fourth-order valence-corrected chi connectivity index (χ4v) is 2.23. The average molecular weight is 294 g/mol. The van der Waals surface area contributed by atoms with Crippen LogP contribution in [0.2, 0.25) is 0 Å². The Morgan fingerprint density at radius 3 is 2.45 bits per heavy atom. The summed E-state index contributed by atoms with van der Waals surface area (Å²) >= 11 is 0. The first kappa shape index (κ1) is 14.2. The standard InChI is InChI=1S/C18H18N2O2/c1-20(2)15-9-7-13(8-10-15)17-12-22-18(19-17)14-5-4-6-16(11-14)21-3/h4-12H,1-3H3. The molecule has 4 nitrogen and oxygen atoms in total. The lowest BCUT2D eigenvalue weighted by atomic mass is 10.1. The van der Waals surface area contributed by atoms with Gasteiger partial charge in [0.05, 0.1) is 7.11 Å². The van der Waals surface area contributed by atoms with E-state index in [1.54, 1.807) is 13.4 Å². The number of methoxy groups -OCH3 is 1. The Labute approximate surface area is 130 Å². The Bertz CT molecular complexity index is 761. The third-order valence-electron chi connectivity index (χ3n) is 3.50. The van der Waals surface area contributed by atoms with Crippen LogP contribution in [0.25, 0.3) is 22.7 Å². The molecule has 3 rings (SSSR count). The Morgan fingerprint density at radius 2 is 1.77 bits per heavy atom. The van der Waals surface area contributed by atoms with Crippen molar-refractivity contribution in [2.45, 2.75) is 0 Å². The van der Waals surface area contributed by atoms with Crippen LogP contribution in [-0.2, 0) is 0 Å². The van der Waals surface area contributed by atoms with Gasteiger partial charge in [-0.25, -0.2) is 4.98 Å². The third-order valence-corrected chi connectivity index (χ3v) is 3.50. The normalized spacial score (nSPS) is 10.5. The lowest BCUT2D eigenvalue weighted by molar-refractivity contribution is 0.414. The molecular formula is C18H18N2O2. The molecule has 0 aliphatic carbocycles. The predicted octanol–water partition coefficient (Wildman–Crippen LogP) is 4.08. The summed E-state index contributed by atoms with van der Waals surface area (Å²) in [4.78, 5) is 6.63. The molecule has 0 atom stereocenters. The second-order valence-corrected chi connectivity index (χ2v) is 5.21. The zero-order chi connectivity index (χ0) is 15.5. The van der Waals surface area contributed by atoms with Gasteiger partial charge in [0.1, 0.15) is 17.7 Å². The summed E-state index contributed by atoms with van der Waals surface area (Å²) in [5.41, 5.74) is 3.90. The molecule has 1 aromatic heterocycles. The number of nitrogens with zero attached hydrogens (tertiary/aromatic N) is 2. The van der Waals surface area contributed by atoms with E-state index < -0.39 is 0 Å². The van der Waals surface area contributed by atoms with Gasteiger partial charge in [-0.15, -0.1) is 0 Å². The SMILES string of the molecule is COc1cccc(-c2nc(-c3ccc(N(C)C)cc3)co2)c1. The molecule has 0 saturated carbocycles. The number of aromatic nitrogens is 1. The molecule has 3 aromatic rings. The minimum atomic E-state index is 0.589. The van der Waals surface area contributed by atoms with Crippen molar-refractivity contribution >= 4 is 5.69 Å². The number of oxazole rings is 1. The van der Waals surface area contributed by atoms with Crippen LogP contribution < -0.4 is 9.64 Å². The fraction of sp³-hybridized carbons (Fsp3) is 0.167. The van der Waals surface area contributed by atoms with Gasteiger partial charge in [0.2, 0.25) is 5.89 Å². The van der Waals surface area contributed by atoms with Gasteiger partial charge >= 0.3 is 0 Å². The highest BCUT2D eigenvalue weighted by molar-refractivity contribution is 5.65. The zero-order valence-electron chi connectivity index (χ0n) is 12.9. The maximum absolute atomic E-state index is 5.61. The monoisotopic (exact) mass is 294 g/mol. The van der Waals surface area contributed by atoms with E-state index in [1.165, 1.54) is 0 Å². The maximum Gasteiger partial charge on any atom is 0.226 e. The Hall–Kier alpha value is -2.75. The first-order chi connectivity index (χ1) is 10.7. The fourth-order valence-electron chi connectivity index (χ4n) is 2.23. The molecule has 0 aliphatic rings. The molecule has 112 valence electrons. The maximum atomic E-state index is 5.61. The molecule has 0 amide bonds. The number of anilines is 1. The molecular weight excluding hydrogens is 276 g/mol. The minimum absolute atomic E-state index is 0.589. The van der Waals surface area contributed by atoms with Crippen LogP contribution in [0.5, 0.6) is 5.75 Å². The quantitative estimate of drug-likeness (QED) is 0.726. The van der Waals surface area contributed by atoms with Crippen molar-refractivity contribution in [3.8, 4) is 28.5 Å². The van der Waals surface area contributed by atoms with Gasteiger partial charge in [0.15, 0.2) is 0 Å². The topological polar surface area (TPSA) is 38.5 Å². The van der Waals surface area contributed by atoms with Crippen molar-refractivity contribution in [2.24, 2.45) is 0 Å². The molecule has 1 heterocycles. The van der Waals surface area contributed by atoms with Crippen molar-refractivity contribution in [3.63, 3.8) is 0 Å². The summed E-state index contributed by atoms with van der Waals surface area (Å²) in [6.45, 7) is 0. The molecule has 2 aromatic carbocycles. The van der Waals surface area contributed by atoms with E-state index in [0.29, 0.717) is 5.89 Å². The molecule has 0 bridgehead atoms. The second-order valence-electron chi connectivity index (χ2n) is 5.21. The number of hydrogen-bond acceptors (Lipinski definition) is 4. The predicted molar refractivity (Wildman–Crippen MR) is 88.3 cm³/mol. The number of ether oxygens (including phenoxy) is 1. The third kappa shape index (κ3) is 2.81. The van der Waals surface area contributed by atoms with Gasteiger partial charge in [-0.1, -0.05) is 18.2 Å². The van der Waals surface area contributed by atoms with Gasteiger partial charge in [-0.3, -0.25) is 0 Å². The highest BCUT2D eigenvalue weighted by Gasteiger charge is 2.09. The van der Waals surface area contributed by atoms with Crippen LogP contribution in [0.3, 0.4) is 0 Å². The van der Waals surface area contributed by atoms with E-state index in [0.717, 1.165) is 28.3 Å². The molecule has 0 fully saturated rings. The Kier molecular flexibility index (Phi) is 3.83. The van der Waals surface area contributed by atoms with E-state index in [-0.39, 0.29) is 0 Å². The first-order valence-corrected chi connectivity index (χ1v) is 7.05. The van der Waals surface area contributed by atoms with E-state index in [4.69, 9.17) is 9.15 Å². The smallest absolute Gasteiger partial charge is 0.226 e. The van der Waals surface area contributed by atoms with Crippen LogP contribution in [0, 0.1) is 0 Å².